The molecule has 1 aromatic carbocycles. The van der Waals surface area contributed by atoms with Crippen molar-refractivity contribution in [3.63, 3.8) is 0 Å². The van der Waals surface area contributed by atoms with Crippen molar-refractivity contribution in [1.82, 2.24) is 4.90 Å². The molecule has 0 saturated heterocycles. The zero-order valence-electron chi connectivity index (χ0n) is 25.0. The molecule has 1 aliphatic rings. The number of rotatable bonds is 25. The van der Waals surface area contributed by atoms with Crippen LogP contribution in [0.1, 0.15) is 162 Å². The van der Waals surface area contributed by atoms with Crippen LogP contribution in [0.4, 0.5) is 5.69 Å². The number of nitrogens with zero attached hydrogens (tertiary/aromatic N) is 2. The highest BCUT2D eigenvalue weighted by atomic mass is 15.4. The molecular formula is C35H62N2. The molecule has 1 atom stereocenters. The van der Waals surface area contributed by atoms with Crippen LogP contribution in [0.3, 0.4) is 0 Å². The number of benzene rings is 1. The van der Waals surface area contributed by atoms with Crippen LogP contribution >= 0.6 is 0 Å². The van der Waals surface area contributed by atoms with Gasteiger partial charge in [-0.2, -0.15) is 0 Å². The third-order valence-electron chi connectivity index (χ3n) is 8.26. The van der Waals surface area contributed by atoms with E-state index in [1.54, 1.807) is 0 Å². The molecule has 2 heteroatoms. The molecule has 0 saturated carbocycles. The van der Waals surface area contributed by atoms with Gasteiger partial charge in [-0.25, -0.2) is 0 Å². The Kier molecular flexibility index (Phi) is 19.4. The van der Waals surface area contributed by atoms with Crippen LogP contribution in [0.2, 0.25) is 0 Å². The first kappa shape index (κ1) is 31.8. The highest BCUT2D eigenvalue weighted by molar-refractivity contribution is 5.51. The van der Waals surface area contributed by atoms with Gasteiger partial charge in [0.05, 0.1) is 0 Å². The van der Waals surface area contributed by atoms with Crippen molar-refractivity contribution in [3.8, 4) is 0 Å². The molecule has 1 aliphatic heterocycles. The van der Waals surface area contributed by atoms with Gasteiger partial charge in [-0.15, -0.1) is 0 Å². The Bertz CT molecular complexity index is 640. The summed E-state index contributed by atoms with van der Waals surface area (Å²) in [4.78, 5) is 5.14. The fourth-order valence-corrected chi connectivity index (χ4v) is 5.85. The van der Waals surface area contributed by atoms with Gasteiger partial charge in [0, 0.05) is 24.6 Å². The topological polar surface area (TPSA) is 6.48 Å². The third kappa shape index (κ3) is 14.9. The maximum Gasteiger partial charge on any atom is 0.105 e. The van der Waals surface area contributed by atoms with Crippen molar-refractivity contribution >= 4 is 5.69 Å². The molecular weight excluding hydrogens is 448 g/mol. The van der Waals surface area contributed by atoms with Crippen LogP contribution in [-0.4, -0.2) is 17.6 Å². The predicted octanol–water partition coefficient (Wildman–Crippen LogP) is 11.6. The Morgan fingerprint density at radius 3 is 1.41 bits per heavy atom. The summed E-state index contributed by atoms with van der Waals surface area (Å²) in [6.45, 7) is 5.82. The highest BCUT2D eigenvalue weighted by Gasteiger charge is 2.26. The lowest BCUT2D eigenvalue weighted by molar-refractivity contribution is 0.273. The van der Waals surface area contributed by atoms with Gasteiger partial charge >= 0.3 is 0 Å². The van der Waals surface area contributed by atoms with Crippen LogP contribution in [0.5, 0.6) is 0 Å². The number of anilines is 1. The first-order valence-corrected chi connectivity index (χ1v) is 16.6. The largest absolute Gasteiger partial charge is 0.356 e. The average molecular weight is 511 g/mol. The summed E-state index contributed by atoms with van der Waals surface area (Å²) in [6.07, 6.45) is 37.7. The molecule has 0 amide bonds. The highest BCUT2D eigenvalue weighted by Crippen LogP contribution is 2.28. The van der Waals surface area contributed by atoms with E-state index in [1.165, 1.54) is 160 Å². The minimum Gasteiger partial charge on any atom is -0.356 e. The Morgan fingerprint density at radius 1 is 0.486 bits per heavy atom. The second-order valence-corrected chi connectivity index (χ2v) is 11.6. The van der Waals surface area contributed by atoms with Crippen LogP contribution < -0.4 is 4.90 Å². The van der Waals surface area contributed by atoms with Crippen LogP contribution in [0.15, 0.2) is 42.7 Å². The van der Waals surface area contributed by atoms with E-state index in [0.29, 0.717) is 6.17 Å². The van der Waals surface area contributed by atoms with E-state index in [-0.39, 0.29) is 0 Å². The summed E-state index contributed by atoms with van der Waals surface area (Å²) in [5.74, 6) is 0. The summed E-state index contributed by atoms with van der Waals surface area (Å²) < 4.78 is 0. The maximum absolute atomic E-state index is 2.63. The van der Waals surface area contributed by atoms with Crippen molar-refractivity contribution in [2.45, 2.75) is 168 Å². The number of unbranched alkanes of at least 4 members (excludes halogenated alkanes) is 20. The van der Waals surface area contributed by atoms with Gasteiger partial charge in [0.25, 0.3) is 0 Å². The lowest BCUT2D eigenvalue weighted by atomic mass is 10.0. The van der Waals surface area contributed by atoms with Crippen LogP contribution in [0.25, 0.3) is 0 Å². The minimum absolute atomic E-state index is 0.505. The normalized spacial score (nSPS) is 15.2. The second-order valence-electron chi connectivity index (χ2n) is 11.6. The number of hydrogen-bond acceptors (Lipinski definition) is 2. The summed E-state index contributed by atoms with van der Waals surface area (Å²) in [6, 6.07) is 11.0. The zero-order chi connectivity index (χ0) is 26.2. The smallest absolute Gasteiger partial charge is 0.105 e. The molecule has 212 valence electrons. The first-order chi connectivity index (χ1) is 18.4. The average Bonchev–Trinajstić information content (AvgIpc) is 3.33. The van der Waals surface area contributed by atoms with Crippen LogP contribution in [-0.2, 0) is 0 Å². The lowest BCUT2D eigenvalue weighted by Crippen LogP contribution is -2.39. The Hall–Kier alpha value is -1.44. The molecule has 0 radical (unpaired) electrons. The summed E-state index contributed by atoms with van der Waals surface area (Å²) in [5, 5.41) is 0. The lowest BCUT2D eigenvalue weighted by Gasteiger charge is -2.33. The molecule has 37 heavy (non-hydrogen) atoms. The third-order valence-corrected chi connectivity index (χ3v) is 8.26. The van der Waals surface area contributed by atoms with Gasteiger partial charge in [0.15, 0.2) is 0 Å². The molecule has 1 unspecified atom stereocenters. The van der Waals surface area contributed by atoms with Crippen molar-refractivity contribution < 1.29 is 0 Å². The monoisotopic (exact) mass is 510 g/mol. The molecule has 1 heterocycles. The molecule has 0 spiro atoms. The molecule has 0 aromatic heterocycles. The van der Waals surface area contributed by atoms with E-state index in [2.05, 4.69) is 66.4 Å². The summed E-state index contributed by atoms with van der Waals surface area (Å²) in [5.41, 5.74) is 1.34. The molecule has 0 fully saturated rings. The van der Waals surface area contributed by atoms with Gasteiger partial charge in [0.1, 0.15) is 6.17 Å². The standard InChI is InChI=1S/C35H62N2/c1-3-5-7-9-11-12-13-14-15-16-17-18-19-20-22-27-31-36-32-33-37(34-28-24-23-25-29-34)35(36)30-26-21-10-8-6-4-2/h23-25,28-29,32-33,35H,3-22,26-27,30-31H2,1-2H3. The van der Waals surface area contributed by atoms with Gasteiger partial charge in [-0.1, -0.05) is 160 Å². The molecule has 0 N–H and O–H groups in total. The van der Waals surface area contributed by atoms with E-state index in [4.69, 9.17) is 0 Å². The number of hydrogen-bond donors (Lipinski definition) is 0. The first-order valence-electron chi connectivity index (χ1n) is 16.6. The molecule has 0 bridgehead atoms. The SMILES string of the molecule is CCCCCCCCCCCCCCCCCCN1C=CN(c2ccccc2)C1CCCCCCCC. The Balaban J connectivity index is 1.52. The predicted molar refractivity (Wildman–Crippen MR) is 166 cm³/mol. The van der Waals surface area contributed by atoms with E-state index in [0.717, 1.165) is 0 Å². The second kappa shape index (κ2) is 22.5. The van der Waals surface area contributed by atoms with Crippen molar-refractivity contribution in [3.05, 3.63) is 42.7 Å². The van der Waals surface area contributed by atoms with E-state index < -0.39 is 0 Å². The van der Waals surface area contributed by atoms with E-state index in [1.807, 2.05) is 0 Å². The number of para-hydroxylation sites is 1. The fourth-order valence-electron chi connectivity index (χ4n) is 5.85. The Labute approximate surface area is 232 Å². The van der Waals surface area contributed by atoms with Crippen molar-refractivity contribution in [2.75, 3.05) is 11.4 Å². The quantitative estimate of drug-likeness (QED) is 0.121. The Morgan fingerprint density at radius 2 is 0.919 bits per heavy atom. The van der Waals surface area contributed by atoms with Crippen LogP contribution in [0, 0.1) is 0 Å². The maximum atomic E-state index is 2.63. The van der Waals surface area contributed by atoms with Crippen molar-refractivity contribution in [2.24, 2.45) is 0 Å². The minimum atomic E-state index is 0.505. The van der Waals surface area contributed by atoms with Gasteiger partial charge in [-0.05, 0) is 31.4 Å². The zero-order valence-corrected chi connectivity index (χ0v) is 25.0. The molecule has 1 aromatic rings. The molecule has 0 aliphatic carbocycles. The van der Waals surface area contributed by atoms with Gasteiger partial charge in [-0.3, -0.25) is 0 Å². The fraction of sp³-hybridized carbons (Fsp3) is 0.771. The van der Waals surface area contributed by atoms with Crippen molar-refractivity contribution in [1.29, 1.82) is 0 Å². The van der Waals surface area contributed by atoms with E-state index in [9.17, 15) is 0 Å². The van der Waals surface area contributed by atoms with Gasteiger partial charge < -0.3 is 9.80 Å². The summed E-state index contributed by atoms with van der Waals surface area (Å²) >= 11 is 0. The molecule has 2 rings (SSSR count). The van der Waals surface area contributed by atoms with E-state index >= 15 is 0 Å². The summed E-state index contributed by atoms with van der Waals surface area (Å²) in [7, 11) is 0. The molecule has 2 nitrogen and oxygen atoms in total. The van der Waals surface area contributed by atoms with Gasteiger partial charge in [0.2, 0.25) is 0 Å².